The van der Waals surface area contributed by atoms with Gasteiger partial charge < -0.3 is 4.90 Å². The van der Waals surface area contributed by atoms with Crippen LogP contribution in [0.1, 0.15) is 21.6 Å². The normalized spacial score (nSPS) is 13.5. The third-order valence-electron chi connectivity index (χ3n) is 5.79. The fourth-order valence-electron chi connectivity index (χ4n) is 4.34. The molecule has 0 bridgehead atoms. The minimum Gasteiger partial charge on any atom is -0.329 e. The van der Waals surface area contributed by atoms with Crippen molar-refractivity contribution >= 4 is 22.5 Å². The van der Waals surface area contributed by atoms with Crippen molar-refractivity contribution in [3.63, 3.8) is 0 Å². The van der Waals surface area contributed by atoms with Crippen LogP contribution >= 0.6 is 0 Å². The van der Waals surface area contributed by atoms with Crippen molar-refractivity contribution in [2.75, 3.05) is 0 Å². The van der Waals surface area contributed by atoms with E-state index in [1.165, 1.54) is 12.4 Å². The van der Waals surface area contributed by atoms with Crippen LogP contribution in [-0.4, -0.2) is 35.2 Å². The number of amides is 1. The van der Waals surface area contributed by atoms with Gasteiger partial charge in [-0.1, -0.05) is 24.3 Å². The molecule has 31 heavy (non-hydrogen) atoms. The summed E-state index contributed by atoms with van der Waals surface area (Å²) in [5.74, 6) is -0.486. The Labute approximate surface area is 176 Å². The number of carbonyl (C=O) groups excluding carboxylic acids is 1. The van der Waals surface area contributed by atoms with E-state index in [1.54, 1.807) is 20.0 Å². The van der Waals surface area contributed by atoms with Gasteiger partial charge in [-0.15, -0.1) is 10.2 Å². The zero-order valence-corrected chi connectivity index (χ0v) is 16.7. The lowest BCUT2D eigenvalue weighted by atomic mass is 9.99. The Morgan fingerprint density at radius 1 is 1.13 bits per heavy atom. The Bertz CT molecular complexity index is 1500. The molecule has 5 aromatic rings. The molecule has 0 atom stereocenters. The van der Waals surface area contributed by atoms with Crippen LogP contribution in [0, 0.1) is 5.82 Å². The molecule has 0 N–H and O–H groups in total. The molecule has 0 radical (unpaired) electrons. The number of fused-ring (bicyclic) bond motifs is 4. The first-order valence-electron chi connectivity index (χ1n) is 9.90. The van der Waals surface area contributed by atoms with Gasteiger partial charge in [-0.25, -0.2) is 4.39 Å². The summed E-state index contributed by atoms with van der Waals surface area (Å²) in [5, 5.41) is 13.3. The largest absolute Gasteiger partial charge is 0.329 e. The molecule has 6 rings (SSSR count). The molecule has 3 aromatic heterocycles. The standard InChI is InChI=1S/C23H17FN6O/c1-28-12-18-17(3-2-4-20(18)27-28)14-5-7-19(24)16(9-14)11-29-10-15-6-8-21-26-25-13-30(21)22(15)23(29)31/h2-9,12-13H,10-11H2,1H3. The van der Waals surface area contributed by atoms with Crippen LogP contribution in [0.3, 0.4) is 0 Å². The molecule has 0 spiro atoms. The number of aryl methyl sites for hydroxylation is 1. The van der Waals surface area contributed by atoms with Gasteiger partial charge in [0, 0.05) is 42.8 Å². The van der Waals surface area contributed by atoms with Gasteiger partial charge in [0.15, 0.2) is 5.65 Å². The number of rotatable bonds is 3. The van der Waals surface area contributed by atoms with E-state index in [0.717, 1.165) is 27.6 Å². The van der Waals surface area contributed by atoms with Crippen molar-refractivity contribution in [1.29, 1.82) is 0 Å². The number of carbonyl (C=O) groups is 1. The fourth-order valence-corrected chi connectivity index (χ4v) is 4.34. The maximum Gasteiger partial charge on any atom is 0.271 e. The van der Waals surface area contributed by atoms with Crippen molar-refractivity contribution in [1.82, 2.24) is 29.3 Å². The molecular formula is C23H17FN6O. The van der Waals surface area contributed by atoms with Crippen molar-refractivity contribution in [3.05, 3.63) is 83.7 Å². The third-order valence-corrected chi connectivity index (χ3v) is 5.79. The Morgan fingerprint density at radius 3 is 2.94 bits per heavy atom. The molecule has 1 aliphatic rings. The van der Waals surface area contributed by atoms with Crippen LogP contribution in [-0.2, 0) is 20.1 Å². The number of hydrogen-bond acceptors (Lipinski definition) is 4. The molecule has 8 heteroatoms. The lowest BCUT2D eigenvalue weighted by molar-refractivity contribution is 0.0760. The van der Waals surface area contributed by atoms with Gasteiger partial charge in [0.1, 0.15) is 17.8 Å². The van der Waals surface area contributed by atoms with E-state index in [9.17, 15) is 9.18 Å². The van der Waals surface area contributed by atoms with E-state index in [1.807, 2.05) is 49.6 Å². The second-order valence-electron chi connectivity index (χ2n) is 7.77. The summed E-state index contributed by atoms with van der Waals surface area (Å²) >= 11 is 0. The molecule has 1 amide bonds. The van der Waals surface area contributed by atoms with Gasteiger partial charge in [-0.2, -0.15) is 5.10 Å². The first kappa shape index (κ1) is 17.8. The maximum absolute atomic E-state index is 14.7. The monoisotopic (exact) mass is 412 g/mol. The summed E-state index contributed by atoms with van der Waals surface area (Å²) in [6.07, 6.45) is 3.49. The van der Waals surface area contributed by atoms with Gasteiger partial charge in [0.2, 0.25) is 0 Å². The van der Waals surface area contributed by atoms with E-state index in [-0.39, 0.29) is 18.3 Å². The predicted octanol–water partition coefficient (Wildman–Crippen LogP) is 3.58. The number of pyridine rings is 1. The average Bonchev–Trinajstić information content (AvgIpc) is 3.46. The van der Waals surface area contributed by atoms with Crippen molar-refractivity contribution < 1.29 is 9.18 Å². The van der Waals surface area contributed by atoms with Gasteiger partial charge in [0.25, 0.3) is 5.91 Å². The number of nitrogens with zero attached hydrogens (tertiary/aromatic N) is 6. The molecule has 7 nitrogen and oxygen atoms in total. The van der Waals surface area contributed by atoms with Gasteiger partial charge in [-0.05, 0) is 35.4 Å². The summed E-state index contributed by atoms with van der Waals surface area (Å²) in [4.78, 5) is 14.7. The SMILES string of the molecule is Cn1cc2c(-c3ccc(F)c(CN4Cc5ccc6nncn6c5C4=O)c3)cccc2n1. The number of halogens is 1. The Balaban J connectivity index is 1.37. The first-order chi connectivity index (χ1) is 15.1. The topological polar surface area (TPSA) is 68.3 Å². The smallest absolute Gasteiger partial charge is 0.271 e. The van der Waals surface area contributed by atoms with Crippen molar-refractivity contribution in [2.45, 2.75) is 13.1 Å². The highest BCUT2D eigenvalue weighted by Gasteiger charge is 2.30. The molecule has 4 heterocycles. The quantitative estimate of drug-likeness (QED) is 0.454. The number of aromatic nitrogens is 5. The van der Waals surface area contributed by atoms with E-state index < -0.39 is 0 Å². The molecule has 0 saturated carbocycles. The number of benzene rings is 2. The predicted molar refractivity (Wildman–Crippen MR) is 113 cm³/mol. The fraction of sp³-hybridized carbons (Fsp3) is 0.130. The van der Waals surface area contributed by atoms with Crippen LogP contribution in [0.5, 0.6) is 0 Å². The second kappa shape index (κ2) is 6.46. The van der Waals surface area contributed by atoms with E-state index in [4.69, 9.17) is 0 Å². The summed E-state index contributed by atoms with van der Waals surface area (Å²) < 4.78 is 18.2. The molecule has 0 fully saturated rings. The van der Waals surface area contributed by atoms with Crippen LogP contribution < -0.4 is 0 Å². The maximum atomic E-state index is 14.7. The Kier molecular flexibility index (Phi) is 3.70. The highest BCUT2D eigenvalue weighted by molar-refractivity contribution is 5.97. The van der Waals surface area contributed by atoms with Gasteiger partial charge >= 0.3 is 0 Å². The first-order valence-corrected chi connectivity index (χ1v) is 9.90. The average molecular weight is 412 g/mol. The molecule has 152 valence electrons. The van der Waals surface area contributed by atoms with Crippen LogP contribution in [0.2, 0.25) is 0 Å². The molecule has 2 aromatic carbocycles. The summed E-state index contributed by atoms with van der Waals surface area (Å²) in [7, 11) is 1.88. The summed E-state index contributed by atoms with van der Waals surface area (Å²) in [6, 6.07) is 14.7. The summed E-state index contributed by atoms with van der Waals surface area (Å²) in [5.41, 5.74) is 5.27. The highest BCUT2D eigenvalue weighted by Crippen LogP contribution is 2.31. The molecule has 0 unspecified atom stereocenters. The third kappa shape index (κ3) is 2.72. The van der Waals surface area contributed by atoms with Crippen molar-refractivity contribution in [3.8, 4) is 11.1 Å². The van der Waals surface area contributed by atoms with E-state index in [2.05, 4.69) is 15.3 Å². The molecular weight excluding hydrogens is 395 g/mol. The Hall–Kier alpha value is -4.07. The molecule has 0 saturated heterocycles. The zero-order valence-electron chi connectivity index (χ0n) is 16.7. The highest BCUT2D eigenvalue weighted by atomic mass is 19.1. The van der Waals surface area contributed by atoms with E-state index in [0.29, 0.717) is 23.4 Å². The van der Waals surface area contributed by atoms with Crippen molar-refractivity contribution in [2.24, 2.45) is 7.05 Å². The molecule has 1 aliphatic heterocycles. The van der Waals surface area contributed by atoms with Crippen LogP contribution in [0.4, 0.5) is 4.39 Å². The number of hydrogen-bond donors (Lipinski definition) is 0. The van der Waals surface area contributed by atoms with Crippen LogP contribution in [0.15, 0.2) is 61.1 Å². The summed E-state index contributed by atoms with van der Waals surface area (Å²) in [6.45, 7) is 0.601. The minimum absolute atomic E-state index is 0.153. The van der Waals surface area contributed by atoms with Crippen LogP contribution in [0.25, 0.3) is 27.7 Å². The van der Waals surface area contributed by atoms with Gasteiger partial charge in [-0.3, -0.25) is 13.9 Å². The lowest BCUT2D eigenvalue weighted by Gasteiger charge is -2.17. The zero-order chi connectivity index (χ0) is 21.1. The van der Waals surface area contributed by atoms with E-state index >= 15 is 0 Å². The lowest BCUT2D eigenvalue weighted by Crippen LogP contribution is -2.24. The second-order valence-corrected chi connectivity index (χ2v) is 7.77. The molecule has 0 aliphatic carbocycles. The van der Waals surface area contributed by atoms with Gasteiger partial charge in [0.05, 0.1) is 5.52 Å². The Morgan fingerprint density at radius 2 is 2.03 bits per heavy atom. The minimum atomic E-state index is -0.333.